The van der Waals surface area contributed by atoms with Gasteiger partial charge in [-0.2, -0.15) is 0 Å². The van der Waals surface area contributed by atoms with Crippen LogP contribution in [0.25, 0.3) is 0 Å². The molecule has 5 nitrogen and oxygen atoms in total. The molecule has 1 saturated heterocycles. The summed E-state index contributed by atoms with van der Waals surface area (Å²) in [6, 6.07) is 5.54. The summed E-state index contributed by atoms with van der Waals surface area (Å²) < 4.78 is 12.2. The molecule has 1 aliphatic rings. The van der Waals surface area contributed by atoms with Gasteiger partial charge in [0.05, 0.1) is 19.3 Å². The zero-order valence-corrected chi connectivity index (χ0v) is 17.4. The van der Waals surface area contributed by atoms with E-state index in [9.17, 15) is 4.79 Å². The first-order valence-electron chi connectivity index (χ1n) is 8.33. The van der Waals surface area contributed by atoms with E-state index in [1.54, 1.807) is 6.92 Å². The highest BCUT2D eigenvalue weighted by molar-refractivity contribution is 14.1. The lowest BCUT2D eigenvalue weighted by atomic mass is 9.88. The predicted molar refractivity (Wildman–Crippen MR) is 110 cm³/mol. The van der Waals surface area contributed by atoms with Crippen molar-refractivity contribution >= 4 is 45.9 Å². The number of benzene rings is 1. The van der Waals surface area contributed by atoms with E-state index in [0.29, 0.717) is 24.0 Å². The van der Waals surface area contributed by atoms with Crippen LogP contribution in [0.5, 0.6) is 5.75 Å². The van der Waals surface area contributed by atoms with Crippen LogP contribution in [0.3, 0.4) is 0 Å². The van der Waals surface area contributed by atoms with Crippen LogP contribution in [0.4, 0.5) is 0 Å². The van der Waals surface area contributed by atoms with Gasteiger partial charge in [-0.15, -0.1) is 0 Å². The van der Waals surface area contributed by atoms with Gasteiger partial charge < -0.3 is 20.1 Å². The minimum Gasteiger partial charge on any atom is -0.493 e. The van der Waals surface area contributed by atoms with E-state index >= 15 is 0 Å². The summed E-state index contributed by atoms with van der Waals surface area (Å²) in [5, 5.41) is 6.56. The Hall–Kier alpha value is -1.35. The lowest BCUT2D eigenvalue weighted by Crippen LogP contribution is -2.51. The number of carbonyl (C=O) groups is 1. The summed E-state index contributed by atoms with van der Waals surface area (Å²) in [7, 11) is 0. The molecule has 7 heteroatoms. The van der Waals surface area contributed by atoms with Crippen molar-refractivity contribution in [2.75, 3.05) is 13.2 Å². The third kappa shape index (κ3) is 5.07. The second kappa shape index (κ2) is 9.38. The molecule has 0 radical (unpaired) electrons. The zero-order chi connectivity index (χ0) is 18.4. The molecule has 136 valence electrons. The van der Waals surface area contributed by atoms with Crippen molar-refractivity contribution < 1.29 is 14.3 Å². The predicted octanol–water partition coefficient (Wildman–Crippen LogP) is 3.68. The normalized spacial score (nSPS) is 19.8. The van der Waals surface area contributed by atoms with E-state index in [4.69, 9.17) is 21.7 Å². The Morgan fingerprint density at radius 2 is 2.16 bits per heavy atom. The molecule has 0 spiro atoms. The molecule has 0 bridgehead atoms. The topological polar surface area (TPSA) is 59.6 Å². The highest BCUT2D eigenvalue weighted by Gasteiger charge is 2.39. The van der Waals surface area contributed by atoms with E-state index < -0.39 is 5.92 Å². The van der Waals surface area contributed by atoms with Crippen LogP contribution in [0.15, 0.2) is 30.5 Å². The second-order valence-electron chi connectivity index (χ2n) is 5.72. The van der Waals surface area contributed by atoms with Gasteiger partial charge in [0.15, 0.2) is 5.11 Å². The van der Waals surface area contributed by atoms with Gasteiger partial charge in [0.2, 0.25) is 0 Å². The van der Waals surface area contributed by atoms with Crippen molar-refractivity contribution in [3.63, 3.8) is 0 Å². The molecule has 1 aliphatic heterocycles. The number of esters is 1. The number of rotatable bonds is 7. The number of ether oxygens (including phenoxy) is 2. The minimum absolute atomic E-state index is 0.311. The first-order valence-corrected chi connectivity index (χ1v) is 9.81. The first kappa shape index (κ1) is 20.0. The molecule has 0 aromatic heterocycles. The highest BCUT2D eigenvalue weighted by Crippen LogP contribution is 2.36. The first-order chi connectivity index (χ1) is 12.0. The van der Waals surface area contributed by atoms with Crippen LogP contribution in [0.2, 0.25) is 0 Å². The van der Waals surface area contributed by atoms with E-state index in [0.717, 1.165) is 27.7 Å². The van der Waals surface area contributed by atoms with Gasteiger partial charge in [-0.1, -0.05) is 19.9 Å². The van der Waals surface area contributed by atoms with Gasteiger partial charge in [-0.3, -0.25) is 4.79 Å². The number of thiocarbonyl (C=S) groups is 1. The Bertz CT molecular complexity index is 666. The van der Waals surface area contributed by atoms with Crippen LogP contribution in [-0.4, -0.2) is 24.3 Å². The Kier molecular flexibility index (Phi) is 7.49. The minimum atomic E-state index is -0.585. The van der Waals surface area contributed by atoms with Gasteiger partial charge in [0, 0.05) is 14.8 Å². The molecule has 1 aromatic carbocycles. The molecule has 0 amide bonds. The van der Waals surface area contributed by atoms with Gasteiger partial charge in [0.1, 0.15) is 11.7 Å². The molecular formula is C18H23IN2O3S. The van der Waals surface area contributed by atoms with Gasteiger partial charge in [-0.25, -0.2) is 0 Å². The van der Waals surface area contributed by atoms with Crippen molar-refractivity contribution in [1.29, 1.82) is 0 Å². The summed E-state index contributed by atoms with van der Waals surface area (Å²) in [4.78, 5) is 12.5. The fourth-order valence-electron chi connectivity index (χ4n) is 2.67. The summed E-state index contributed by atoms with van der Waals surface area (Å²) in [6.45, 7) is 8.81. The molecule has 2 rings (SSSR count). The van der Waals surface area contributed by atoms with Crippen molar-refractivity contribution in [3.8, 4) is 5.75 Å². The van der Waals surface area contributed by atoms with Crippen molar-refractivity contribution in [1.82, 2.24) is 10.6 Å². The Morgan fingerprint density at radius 1 is 1.40 bits per heavy atom. The fraction of sp³-hybridized carbons (Fsp3) is 0.444. The van der Waals surface area contributed by atoms with Crippen molar-refractivity contribution in [2.45, 2.75) is 32.7 Å². The maximum absolute atomic E-state index is 12.5. The fourth-order valence-corrected chi connectivity index (χ4v) is 3.45. The molecule has 1 heterocycles. The van der Waals surface area contributed by atoms with Gasteiger partial charge in [0.25, 0.3) is 0 Å². The molecule has 0 saturated carbocycles. The van der Waals surface area contributed by atoms with Gasteiger partial charge >= 0.3 is 5.97 Å². The number of halogens is 1. The van der Waals surface area contributed by atoms with Crippen LogP contribution >= 0.6 is 34.8 Å². The summed E-state index contributed by atoms with van der Waals surface area (Å²) in [5.41, 5.74) is 1.41. The van der Waals surface area contributed by atoms with Crippen molar-refractivity contribution in [2.24, 2.45) is 5.92 Å². The highest BCUT2D eigenvalue weighted by atomic mass is 127. The third-order valence-electron chi connectivity index (χ3n) is 3.87. The Labute approximate surface area is 167 Å². The van der Waals surface area contributed by atoms with Crippen LogP contribution in [0.1, 0.15) is 38.3 Å². The lowest BCUT2D eigenvalue weighted by Gasteiger charge is -2.35. The molecular weight excluding hydrogens is 451 g/mol. The largest absolute Gasteiger partial charge is 0.493 e. The monoisotopic (exact) mass is 474 g/mol. The SMILES string of the molecule is C=C1NC(=S)N[C@@H](c2cc(I)ccc2OCCCC)[C@@H]1C(=O)OCC. The number of hydrogen-bond acceptors (Lipinski definition) is 4. The number of unbranched alkanes of at least 4 members (excludes halogenated alkanes) is 1. The van der Waals surface area contributed by atoms with Crippen LogP contribution < -0.4 is 15.4 Å². The van der Waals surface area contributed by atoms with E-state index in [2.05, 4.69) is 46.7 Å². The number of nitrogens with one attached hydrogen (secondary N) is 2. The summed E-state index contributed by atoms with van der Waals surface area (Å²) in [6.07, 6.45) is 2.02. The molecule has 0 unspecified atom stereocenters. The van der Waals surface area contributed by atoms with E-state index in [-0.39, 0.29) is 12.0 Å². The zero-order valence-electron chi connectivity index (χ0n) is 14.4. The molecule has 0 aliphatic carbocycles. The van der Waals surface area contributed by atoms with Crippen molar-refractivity contribution in [3.05, 3.63) is 39.6 Å². The molecule has 1 fully saturated rings. The maximum Gasteiger partial charge on any atom is 0.317 e. The average molecular weight is 474 g/mol. The van der Waals surface area contributed by atoms with Gasteiger partial charge in [-0.05, 0) is 66.4 Å². The lowest BCUT2D eigenvalue weighted by molar-refractivity contribution is -0.147. The summed E-state index contributed by atoms with van der Waals surface area (Å²) >= 11 is 7.51. The average Bonchev–Trinajstić information content (AvgIpc) is 2.55. The standard InChI is InChI=1S/C18H23IN2O3S/c1-4-6-9-24-14-8-7-12(19)10-13(14)16-15(17(22)23-5-2)11(3)20-18(25)21-16/h7-8,10,15-16H,3-6,9H2,1-2H3,(H2,20,21,25)/t15-,16+/m1/s1. The van der Waals surface area contributed by atoms with E-state index in [1.165, 1.54) is 0 Å². The summed E-state index contributed by atoms with van der Waals surface area (Å²) in [5.74, 6) is -0.171. The Morgan fingerprint density at radius 3 is 2.84 bits per heavy atom. The molecule has 25 heavy (non-hydrogen) atoms. The van der Waals surface area contributed by atoms with Crippen LogP contribution in [0, 0.1) is 9.49 Å². The quantitative estimate of drug-likeness (QED) is 0.272. The smallest absolute Gasteiger partial charge is 0.317 e. The molecule has 2 N–H and O–H groups in total. The molecule has 2 atom stereocenters. The molecule has 1 aromatic rings. The third-order valence-corrected chi connectivity index (χ3v) is 4.76. The maximum atomic E-state index is 12.5. The number of carbonyl (C=O) groups excluding carboxylic acids is 1. The Balaban J connectivity index is 2.40. The van der Waals surface area contributed by atoms with E-state index in [1.807, 2.05) is 18.2 Å². The second-order valence-corrected chi connectivity index (χ2v) is 7.37. The van der Waals surface area contributed by atoms with Crippen LogP contribution in [-0.2, 0) is 9.53 Å². The number of hydrogen-bond donors (Lipinski definition) is 2.